The number of amides is 1. The monoisotopic (exact) mass is 234 g/mol. The molecule has 0 spiro atoms. The van der Waals surface area contributed by atoms with E-state index in [-0.39, 0.29) is 17.9 Å². The lowest BCUT2D eigenvalue weighted by Gasteiger charge is -2.23. The summed E-state index contributed by atoms with van der Waals surface area (Å²) < 4.78 is 0. The van der Waals surface area contributed by atoms with E-state index >= 15 is 0 Å². The molecule has 0 saturated heterocycles. The van der Waals surface area contributed by atoms with Crippen LogP contribution >= 0.6 is 0 Å². The summed E-state index contributed by atoms with van der Waals surface area (Å²) in [6.07, 6.45) is 5.90. The molecule has 1 saturated carbocycles. The predicted molar refractivity (Wildman–Crippen MR) is 64.5 cm³/mol. The maximum Gasteiger partial charge on any atom is 0.255 e. The van der Waals surface area contributed by atoms with Crippen molar-refractivity contribution in [2.75, 3.05) is 13.6 Å². The van der Waals surface area contributed by atoms with Crippen molar-refractivity contribution in [3.8, 4) is 0 Å². The van der Waals surface area contributed by atoms with Crippen molar-refractivity contribution in [2.24, 2.45) is 5.92 Å². The van der Waals surface area contributed by atoms with Crippen LogP contribution in [0.5, 0.6) is 0 Å². The Morgan fingerprint density at radius 3 is 3.00 bits per heavy atom. The average Bonchev–Trinajstić information content (AvgIpc) is 2.75. The fraction of sp³-hybridized carbons (Fsp3) is 0.538. The molecular weight excluding hydrogens is 216 g/mol. The highest BCUT2D eigenvalue weighted by molar-refractivity contribution is 5.93. The third-order valence-corrected chi connectivity index (χ3v) is 3.38. The van der Waals surface area contributed by atoms with Gasteiger partial charge in [-0.1, -0.05) is 6.42 Å². The van der Waals surface area contributed by atoms with E-state index in [2.05, 4.69) is 4.98 Å². The molecule has 4 nitrogen and oxygen atoms in total. The molecule has 17 heavy (non-hydrogen) atoms. The van der Waals surface area contributed by atoms with Crippen LogP contribution in [-0.2, 0) is 0 Å². The van der Waals surface area contributed by atoms with Crippen molar-refractivity contribution >= 4 is 5.91 Å². The summed E-state index contributed by atoms with van der Waals surface area (Å²) in [5.41, 5.74) is 0.600. The van der Waals surface area contributed by atoms with Gasteiger partial charge in [0.15, 0.2) is 0 Å². The molecule has 0 aliphatic heterocycles. The molecule has 1 aromatic heterocycles. The van der Waals surface area contributed by atoms with E-state index in [9.17, 15) is 9.90 Å². The van der Waals surface area contributed by atoms with Crippen molar-refractivity contribution in [3.05, 3.63) is 30.1 Å². The van der Waals surface area contributed by atoms with Crippen LogP contribution in [0.25, 0.3) is 0 Å². The van der Waals surface area contributed by atoms with Gasteiger partial charge in [0.05, 0.1) is 11.7 Å². The highest BCUT2D eigenvalue weighted by Crippen LogP contribution is 2.26. The molecule has 0 aromatic carbocycles. The summed E-state index contributed by atoms with van der Waals surface area (Å²) in [6, 6.07) is 3.52. The Kier molecular flexibility index (Phi) is 3.74. The number of rotatable bonds is 3. The van der Waals surface area contributed by atoms with Crippen LogP contribution < -0.4 is 0 Å². The van der Waals surface area contributed by atoms with Gasteiger partial charge in [-0.25, -0.2) is 0 Å². The van der Waals surface area contributed by atoms with E-state index in [1.807, 2.05) is 0 Å². The number of pyridine rings is 1. The van der Waals surface area contributed by atoms with Gasteiger partial charge in [0.25, 0.3) is 5.91 Å². The number of carbonyl (C=O) groups is 1. The van der Waals surface area contributed by atoms with E-state index in [0.717, 1.165) is 19.3 Å². The summed E-state index contributed by atoms with van der Waals surface area (Å²) in [7, 11) is 1.78. The molecule has 2 unspecified atom stereocenters. The molecule has 1 fully saturated rings. The minimum Gasteiger partial charge on any atom is -0.393 e. The number of aliphatic hydroxyl groups is 1. The van der Waals surface area contributed by atoms with Gasteiger partial charge in [-0.05, 0) is 25.0 Å². The highest BCUT2D eigenvalue weighted by Gasteiger charge is 2.27. The summed E-state index contributed by atoms with van der Waals surface area (Å²) >= 11 is 0. The van der Waals surface area contributed by atoms with Gasteiger partial charge in [-0.15, -0.1) is 0 Å². The summed E-state index contributed by atoms with van der Waals surface area (Å²) in [4.78, 5) is 17.7. The standard InChI is InChI=1S/C13H18N2O2/c1-15(9-11-4-2-6-12(11)16)13(17)10-5-3-7-14-8-10/h3,5,7-8,11-12,16H,2,4,6,9H2,1H3. The van der Waals surface area contributed by atoms with E-state index in [0.29, 0.717) is 12.1 Å². The maximum atomic E-state index is 12.0. The lowest BCUT2D eigenvalue weighted by molar-refractivity contribution is 0.0693. The van der Waals surface area contributed by atoms with Gasteiger partial charge in [0.1, 0.15) is 0 Å². The summed E-state index contributed by atoms with van der Waals surface area (Å²) in [6.45, 7) is 0.620. The van der Waals surface area contributed by atoms with Crippen molar-refractivity contribution in [3.63, 3.8) is 0 Å². The minimum atomic E-state index is -0.251. The molecule has 1 N–H and O–H groups in total. The molecule has 1 aliphatic rings. The van der Waals surface area contributed by atoms with E-state index in [4.69, 9.17) is 0 Å². The minimum absolute atomic E-state index is 0.0304. The largest absolute Gasteiger partial charge is 0.393 e. The smallest absolute Gasteiger partial charge is 0.255 e. The Morgan fingerprint density at radius 2 is 2.41 bits per heavy atom. The third-order valence-electron chi connectivity index (χ3n) is 3.38. The molecule has 2 atom stereocenters. The molecule has 2 rings (SSSR count). The van der Waals surface area contributed by atoms with E-state index in [1.165, 1.54) is 0 Å². The Balaban J connectivity index is 1.96. The zero-order valence-corrected chi connectivity index (χ0v) is 10.0. The molecule has 92 valence electrons. The van der Waals surface area contributed by atoms with Gasteiger partial charge < -0.3 is 10.0 Å². The number of carbonyl (C=O) groups excluding carboxylic acids is 1. The van der Waals surface area contributed by atoms with Crippen molar-refractivity contribution < 1.29 is 9.90 Å². The van der Waals surface area contributed by atoms with Gasteiger partial charge in [-0.3, -0.25) is 9.78 Å². The second kappa shape index (κ2) is 5.27. The Hall–Kier alpha value is -1.42. The maximum absolute atomic E-state index is 12.0. The van der Waals surface area contributed by atoms with Crippen LogP contribution in [0.2, 0.25) is 0 Å². The van der Waals surface area contributed by atoms with E-state index < -0.39 is 0 Å². The number of hydrogen-bond donors (Lipinski definition) is 1. The number of hydrogen-bond acceptors (Lipinski definition) is 3. The van der Waals surface area contributed by atoms with Crippen molar-refractivity contribution in [2.45, 2.75) is 25.4 Å². The zero-order chi connectivity index (χ0) is 12.3. The lowest BCUT2D eigenvalue weighted by Crippen LogP contribution is -2.34. The second-order valence-corrected chi connectivity index (χ2v) is 4.69. The van der Waals surface area contributed by atoms with Crippen LogP contribution in [0.3, 0.4) is 0 Å². The molecule has 1 aromatic rings. The van der Waals surface area contributed by atoms with Crippen molar-refractivity contribution in [1.29, 1.82) is 0 Å². The molecule has 1 aliphatic carbocycles. The molecule has 1 heterocycles. The van der Waals surface area contributed by atoms with Crippen LogP contribution in [0.4, 0.5) is 0 Å². The number of aliphatic hydroxyl groups excluding tert-OH is 1. The number of aromatic nitrogens is 1. The topological polar surface area (TPSA) is 53.4 Å². The third kappa shape index (κ3) is 2.82. The Labute approximate surface area is 101 Å². The normalized spacial score (nSPS) is 23.6. The van der Waals surface area contributed by atoms with Crippen LogP contribution in [0, 0.1) is 5.92 Å². The van der Waals surface area contributed by atoms with Crippen LogP contribution in [-0.4, -0.2) is 40.6 Å². The second-order valence-electron chi connectivity index (χ2n) is 4.69. The van der Waals surface area contributed by atoms with Crippen LogP contribution in [0.15, 0.2) is 24.5 Å². The zero-order valence-electron chi connectivity index (χ0n) is 10.0. The first-order valence-corrected chi connectivity index (χ1v) is 6.02. The van der Waals surface area contributed by atoms with Gasteiger partial charge in [-0.2, -0.15) is 0 Å². The predicted octanol–water partition coefficient (Wildman–Crippen LogP) is 1.31. The highest BCUT2D eigenvalue weighted by atomic mass is 16.3. The molecule has 0 bridgehead atoms. The first-order chi connectivity index (χ1) is 8.18. The molecule has 0 radical (unpaired) electrons. The lowest BCUT2D eigenvalue weighted by atomic mass is 10.1. The SMILES string of the molecule is CN(CC1CCCC1O)C(=O)c1cccnc1. The van der Waals surface area contributed by atoms with Gasteiger partial charge >= 0.3 is 0 Å². The summed E-state index contributed by atoms with van der Waals surface area (Å²) in [5, 5.41) is 9.74. The quantitative estimate of drug-likeness (QED) is 0.858. The summed E-state index contributed by atoms with van der Waals surface area (Å²) in [5.74, 6) is 0.192. The van der Waals surface area contributed by atoms with Gasteiger partial charge in [0.2, 0.25) is 0 Å². The molecular formula is C13H18N2O2. The Morgan fingerprint density at radius 1 is 1.59 bits per heavy atom. The first-order valence-electron chi connectivity index (χ1n) is 6.02. The van der Waals surface area contributed by atoms with E-state index in [1.54, 1.807) is 36.5 Å². The molecule has 1 amide bonds. The van der Waals surface area contributed by atoms with Crippen molar-refractivity contribution in [1.82, 2.24) is 9.88 Å². The fourth-order valence-corrected chi connectivity index (χ4v) is 2.37. The first kappa shape index (κ1) is 12.0. The fourth-order valence-electron chi connectivity index (χ4n) is 2.37. The number of nitrogens with zero attached hydrogens (tertiary/aromatic N) is 2. The average molecular weight is 234 g/mol. The van der Waals surface area contributed by atoms with Crippen LogP contribution in [0.1, 0.15) is 29.6 Å². The molecule has 4 heteroatoms. The Bertz CT molecular complexity index is 380. The van der Waals surface area contributed by atoms with Gasteiger partial charge in [0, 0.05) is 31.9 Å².